The molecule has 0 aliphatic rings. The predicted molar refractivity (Wildman–Crippen MR) is 50.8 cm³/mol. The summed E-state index contributed by atoms with van der Waals surface area (Å²) >= 11 is 0. The van der Waals surface area contributed by atoms with Gasteiger partial charge >= 0.3 is 6.01 Å². The van der Waals surface area contributed by atoms with Gasteiger partial charge in [0.25, 0.3) is 5.88 Å². The Labute approximate surface area is 82.7 Å². The Morgan fingerprint density at radius 3 is 2.29 bits per heavy atom. The lowest BCUT2D eigenvalue weighted by atomic mass is 10.4. The lowest BCUT2D eigenvalue weighted by molar-refractivity contribution is 0.281. The summed E-state index contributed by atoms with van der Waals surface area (Å²) in [5, 5.41) is 9.47. The van der Waals surface area contributed by atoms with Crippen LogP contribution in [0.25, 0.3) is 0 Å². The molecule has 5 heteroatoms. The molecule has 0 amide bonds. The molecule has 0 aliphatic carbocycles. The van der Waals surface area contributed by atoms with Crippen LogP contribution in [-0.4, -0.2) is 28.3 Å². The second kappa shape index (κ2) is 4.64. The second-order valence-corrected chi connectivity index (χ2v) is 2.61. The average Bonchev–Trinajstić information content (AvgIpc) is 2.12. The van der Waals surface area contributed by atoms with Crippen LogP contribution in [0.4, 0.5) is 0 Å². The maximum absolute atomic E-state index is 9.47. The summed E-state index contributed by atoms with van der Waals surface area (Å²) in [6.07, 6.45) is 0. The molecule has 1 aromatic heterocycles. The molecule has 1 heterocycles. The van der Waals surface area contributed by atoms with E-state index in [1.807, 2.05) is 13.8 Å². The Morgan fingerprint density at radius 1 is 1.14 bits per heavy atom. The molecule has 0 unspecified atom stereocenters. The summed E-state index contributed by atoms with van der Waals surface area (Å²) in [6.45, 7) is 6.31. The van der Waals surface area contributed by atoms with Crippen molar-refractivity contribution in [3.8, 4) is 17.6 Å². The van der Waals surface area contributed by atoms with Gasteiger partial charge in [-0.2, -0.15) is 9.97 Å². The summed E-state index contributed by atoms with van der Waals surface area (Å²) in [7, 11) is 0. The summed E-state index contributed by atoms with van der Waals surface area (Å²) in [6, 6.07) is 0.172. The third-order valence-electron chi connectivity index (χ3n) is 1.56. The Bertz CT molecular complexity index is 292. The first-order chi connectivity index (χ1) is 6.69. The number of hydrogen-bond acceptors (Lipinski definition) is 5. The normalized spacial score (nSPS) is 9.93. The fourth-order valence-corrected chi connectivity index (χ4v) is 1.03. The fourth-order valence-electron chi connectivity index (χ4n) is 1.03. The van der Waals surface area contributed by atoms with Crippen LogP contribution in [0.2, 0.25) is 0 Å². The Morgan fingerprint density at radius 2 is 1.79 bits per heavy atom. The fraction of sp³-hybridized carbons (Fsp3) is 0.556. The van der Waals surface area contributed by atoms with Crippen LogP contribution in [-0.2, 0) is 0 Å². The third-order valence-corrected chi connectivity index (χ3v) is 1.56. The lowest BCUT2D eigenvalue weighted by Crippen LogP contribution is -2.02. The van der Waals surface area contributed by atoms with Crippen molar-refractivity contribution in [3.05, 3.63) is 5.69 Å². The molecular weight excluding hydrogens is 184 g/mol. The molecule has 14 heavy (non-hydrogen) atoms. The minimum Gasteiger partial charge on any atom is -0.490 e. The number of ether oxygens (including phenoxy) is 2. The molecule has 0 bridgehead atoms. The molecule has 5 nitrogen and oxygen atoms in total. The van der Waals surface area contributed by atoms with Crippen molar-refractivity contribution >= 4 is 0 Å². The van der Waals surface area contributed by atoms with E-state index in [1.54, 1.807) is 6.92 Å². The van der Waals surface area contributed by atoms with Crippen LogP contribution < -0.4 is 9.47 Å². The first-order valence-electron chi connectivity index (χ1n) is 4.52. The van der Waals surface area contributed by atoms with Crippen LogP contribution in [0.5, 0.6) is 17.6 Å². The third kappa shape index (κ3) is 2.25. The van der Waals surface area contributed by atoms with Crippen molar-refractivity contribution in [1.29, 1.82) is 0 Å². The molecule has 0 atom stereocenters. The van der Waals surface area contributed by atoms with E-state index in [1.165, 1.54) is 0 Å². The zero-order chi connectivity index (χ0) is 10.6. The Balaban J connectivity index is 2.98. The van der Waals surface area contributed by atoms with E-state index < -0.39 is 0 Å². The standard InChI is InChI=1S/C9H14N2O3/c1-4-13-7-6(3)10-9(14-5-2)11-8(7)12/h4-5H2,1-3H3,(H,10,11,12). The van der Waals surface area contributed by atoms with Gasteiger partial charge in [-0.25, -0.2) is 0 Å². The quantitative estimate of drug-likeness (QED) is 0.789. The Hall–Kier alpha value is -1.52. The molecule has 0 aliphatic heterocycles. The number of aromatic nitrogens is 2. The number of hydrogen-bond donors (Lipinski definition) is 1. The lowest BCUT2D eigenvalue weighted by Gasteiger charge is -2.09. The van der Waals surface area contributed by atoms with E-state index in [2.05, 4.69) is 9.97 Å². The van der Waals surface area contributed by atoms with Crippen molar-refractivity contribution in [2.45, 2.75) is 20.8 Å². The van der Waals surface area contributed by atoms with Gasteiger partial charge < -0.3 is 14.6 Å². The molecule has 1 rings (SSSR count). The molecule has 0 aromatic carbocycles. The van der Waals surface area contributed by atoms with E-state index in [0.717, 1.165) is 0 Å². The number of aryl methyl sites for hydroxylation is 1. The Kier molecular flexibility index (Phi) is 3.50. The molecule has 0 saturated heterocycles. The van der Waals surface area contributed by atoms with Crippen LogP contribution in [0, 0.1) is 6.92 Å². The largest absolute Gasteiger partial charge is 0.490 e. The first-order valence-corrected chi connectivity index (χ1v) is 4.52. The molecule has 1 aromatic rings. The number of nitrogens with zero attached hydrogens (tertiary/aromatic N) is 2. The minimum absolute atomic E-state index is 0.172. The van der Waals surface area contributed by atoms with Crippen LogP contribution in [0.15, 0.2) is 0 Å². The SMILES string of the molecule is CCOc1nc(C)c(OCC)c(O)n1. The smallest absolute Gasteiger partial charge is 0.320 e. The summed E-state index contributed by atoms with van der Waals surface area (Å²) in [4.78, 5) is 7.76. The van der Waals surface area contributed by atoms with Crippen molar-refractivity contribution in [2.75, 3.05) is 13.2 Å². The highest BCUT2D eigenvalue weighted by molar-refractivity contribution is 5.37. The average molecular weight is 198 g/mol. The molecular formula is C9H14N2O3. The zero-order valence-corrected chi connectivity index (χ0v) is 8.57. The highest BCUT2D eigenvalue weighted by Gasteiger charge is 2.11. The van der Waals surface area contributed by atoms with Gasteiger partial charge in [0, 0.05) is 0 Å². The first kappa shape index (κ1) is 10.6. The van der Waals surface area contributed by atoms with Crippen molar-refractivity contribution < 1.29 is 14.6 Å². The van der Waals surface area contributed by atoms with Gasteiger partial charge in [0.05, 0.1) is 18.9 Å². The van der Waals surface area contributed by atoms with E-state index in [-0.39, 0.29) is 11.9 Å². The summed E-state index contributed by atoms with van der Waals surface area (Å²) < 4.78 is 10.2. The maximum Gasteiger partial charge on any atom is 0.320 e. The van der Waals surface area contributed by atoms with E-state index in [0.29, 0.717) is 24.7 Å². The molecule has 78 valence electrons. The molecule has 0 fully saturated rings. The van der Waals surface area contributed by atoms with Gasteiger partial charge in [-0.3, -0.25) is 0 Å². The van der Waals surface area contributed by atoms with Crippen LogP contribution in [0.3, 0.4) is 0 Å². The highest BCUT2D eigenvalue weighted by Crippen LogP contribution is 2.28. The van der Waals surface area contributed by atoms with Gasteiger partial charge in [-0.05, 0) is 20.8 Å². The number of rotatable bonds is 4. The topological polar surface area (TPSA) is 64.5 Å². The summed E-state index contributed by atoms with van der Waals surface area (Å²) in [5.74, 6) is 0.138. The van der Waals surface area contributed by atoms with Gasteiger partial charge in [0.1, 0.15) is 0 Å². The van der Waals surface area contributed by atoms with Crippen molar-refractivity contribution in [1.82, 2.24) is 9.97 Å². The second-order valence-electron chi connectivity index (χ2n) is 2.61. The molecule has 1 N–H and O–H groups in total. The monoisotopic (exact) mass is 198 g/mol. The molecule has 0 radical (unpaired) electrons. The van der Waals surface area contributed by atoms with Gasteiger partial charge in [-0.15, -0.1) is 0 Å². The number of aromatic hydroxyl groups is 1. The minimum atomic E-state index is -0.178. The predicted octanol–water partition coefficient (Wildman–Crippen LogP) is 1.29. The van der Waals surface area contributed by atoms with Crippen LogP contribution in [0.1, 0.15) is 19.5 Å². The van der Waals surface area contributed by atoms with E-state index >= 15 is 0 Å². The maximum atomic E-state index is 9.47. The zero-order valence-electron chi connectivity index (χ0n) is 8.57. The summed E-state index contributed by atoms with van der Waals surface area (Å²) in [5.41, 5.74) is 0.572. The van der Waals surface area contributed by atoms with Gasteiger partial charge in [0.2, 0.25) is 5.75 Å². The van der Waals surface area contributed by atoms with Gasteiger partial charge in [-0.1, -0.05) is 0 Å². The highest BCUT2D eigenvalue weighted by atomic mass is 16.5. The molecule has 0 saturated carbocycles. The van der Waals surface area contributed by atoms with E-state index in [4.69, 9.17) is 9.47 Å². The van der Waals surface area contributed by atoms with Gasteiger partial charge in [0.15, 0.2) is 0 Å². The van der Waals surface area contributed by atoms with E-state index in [9.17, 15) is 5.11 Å². The van der Waals surface area contributed by atoms with Crippen LogP contribution >= 0.6 is 0 Å². The van der Waals surface area contributed by atoms with Crippen molar-refractivity contribution in [2.24, 2.45) is 0 Å². The van der Waals surface area contributed by atoms with Crippen molar-refractivity contribution in [3.63, 3.8) is 0 Å². The molecule has 0 spiro atoms.